The normalized spacial score (nSPS) is 10.4. The number of hydrogen-bond donors (Lipinski definition) is 2. The first-order valence-electron chi connectivity index (χ1n) is 6.20. The third kappa shape index (κ3) is 3.08. The molecular weight excluding hydrogens is 278 g/mol. The van der Waals surface area contributed by atoms with Crippen LogP contribution in [-0.4, -0.2) is 35.2 Å². The highest BCUT2D eigenvalue weighted by atomic mass is 35.5. The fraction of sp³-hybridized carbons (Fsp3) is 0.308. The molecule has 0 aliphatic carbocycles. The van der Waals surface area contributed by atoms with E-state index in [1.165, 1.54) is 0 Å². The summed E-state index contributed by atoms with van der Waals surface area (Å²) in [7, 11) is 3.78. The van der Waals surface area contributed by atoms with Gasteiger partial charge in [-0.3, -0.25) is 9.89 Å². The maximum Gasteiger partial charge on any atom is 0.295 e. The molecule has 0 spiro atoms. The van der Waals surface area contributed by atoms with E-state index in [-0.39, 0.29) is 11.7 Å². The van der Waals surface area contributed by atoms with Crippen LogP contribution in [0.15, 0.2) is 18.2 Å². The van der Waals surface area contributed by atoms with Crippen molar-refractivity contribution in [1.29, 1.82) is 0 Å². The van der Waals surface area contributed by atoms with Gasteiger partial charge in [-0.2, -0.15) is 0 Å². The van der Waals surface area contributed by atoms with Crippen LogP contribution in [0.2, 0.25) is 5.02 Å². The van der Waals surface area contributed by atoms with E-state index in [9.17, 15) is 4.79 Å². The molecule has 0 saturated carbocycles. The third-order valence-electron chi connectivity index (χ3n) is 2.76. The SMILES string of the molecule is CCc1nc(C(=O)Nc2cc(Cl)ccc2N(C)C)n[nH]1. The van der Waals surface area contributed by atoms with Crippen LogP contribution in [0.5, 0.6) is 0 Å². The number of nitrogens with one attached hydrogen (secondary N) is 2. The zero-order valence-electron chi connectivity index (χ0n) is 11.6. The van der Waals surface area contributed by atoms with Crippen molar-refractivity contribution in [3.8, 4) is 0 Å². The van der Waals surface area contributed by atoms with Gasteiger partial charge in [0.2, 0.25) is 5.82 Å². The monoisotopic (exact) mass is 293 g/mol. The summed E-state index contributed by atoms with van der Waals surface area (Å²) in [4.78, 5) is 18.1. The Labute approximate surface area is 122 Å². The van der Waals surface area contributed by atoms with Gasteiger partial charge in [0.05, 0.1) is 11.4 Å². The summed E-state index contributed by atoms with van der Waals surface area (Å²) in [5.41, 5.74) is 1.48. The molecule has 20 heavy (non-hydrogen) atoms. The van der Waals surface area contributed by atoms with E-state index in [1.807, 2.05) is 32.0 Å². The fourth-order valence-electron chi connectivity index (χ4n) is 1.73. The highest BCUT2D eigenvalue weighted by molar-refractivity contribution is 6.31. The van der Waals surface area contributed by atoms with Crippen molar-refractivity contribution in [2.24, 2.45) is 0 Å². The van der Waals surface area contributed by atoms with E-state index in [4.69, 9.17) is 11.6 Å². The number of aromatic nitrogens is 3. The summed E-state index contributed by atoms with van der Waals surface area (Å²) < 4.78 is 0. The zero-order chi connectivity index (χ0) is 14.7. The Balaban J connectivity index is 2.24. The lowest BCUT2D eigenvalue weighted by molar-refractivity contribution is 0.101. The van der Waals surface area contributed by atoms with E-state index >= 15 is 0 Å². The first-order valence-corrected chi connectivity index (χ1v) is 6.58. The van der Waals surface area contributed by atoms with Crippen molar-refractivity contribution in [3.05, 3.63) is 34.9 Å². The molecule has 7 heteroatoms. The molecular formula is C13H16ClN5O. The van der Waals surface area contributed by atoms with Crippen LogP contribution in [0.25, 0.3) is 0 Å². The molecule has 2 rings (SSSR count). The van der Waals surface area contributed by atoms with Crippen LogP contribution < -0.4 is 10.2 Å². The van der Waals surface area contributed by atoms with E-state index < -0.39 is 0 Å². The van der Waals surface area contributed by atoms with Crippen LogP contribution in [-0.2, 0) is 6.42 Å². The molecule has 0 saturated heterocycles. The number of nitrogens with zero attached hydrogens (tertiary/aromatic N) is 3. The van der Waals surface area contributed by atoms with Crippen molar-refractivity contribution in [2.75, 3.05) is 24.3 Å². The van der Waals surface area contributed by atoms with Gasteiger partial charge < -0.3 is 10.2 Å². The number of benzene rings is 1. The second-order valence-electron chi connectivity index (χ2n) is 4.47. The van der Waals surface area contributed by atoms with Crippen molar-refractivity contribution in [2.45, 2.75) is 13.3 Å². The predicted molar refractivity (Wildman–Crippen MR) is 79.5 cm³/mol. The quantitative estimate of drug-likeness (QED) is 0.907. The number of hydrogen-bond acceptors (Lipinski definition) is 4. The second kappa shape index (κ2) is 5.92. The molecule has 1 amide bonds. The smallest absolute Gasteiger partial charge is 0.295 e. The lowest BCUT2D eigenvalue weighted by Crippen LogP contribution is -2.17. The molecule has 1 aromatic carbocycles. The Morgan fingerprint density at radius 1 is 1.45 bits per heavy atom. The lowest BCUT2D eigenvalue weighted by atomic mass is 10.2. The Kier molecular flexibility index (Phi) is 4.24. The number of anilines is 2. The fourth-order valence-corrected chi connectivity index (χ4v) is 1.90. The number of aromatic amines is 1. The van der Waals surface area contributed by atoms with E-state index in [0.717, 1.165) is 5.69 Å². The molecule has 1 aromatic heterocycles. The maximum atomic E-state index is 12.1. The summed E-state index contributed by atoms with van der Waals surface area (Å²) in [5.74, 6) is 0.423. The van der Waals surface area contributed by atoms with Gasteiger partial charge in [0.15, 0.2) is 0 Å². The van der Waals surface area contributed by atoms with Gasteiger partial charge in [0.25, 0.3) is 5.91 Å². The molecule has 0 fully saturated rings. The first-order chi connectivity index (χ1) is 9.51. The Hall–Kier alpha value is -2.08. The largest absolute Gasteiger partial charge is 0.376 e. The molecule has 0 aliphatic rings. The van der Waals surface area contributed by atoms with Gasteiger partial charge >= 0.3 is 0 Å². The van der Waals surface area contributed by atoms with Crippen LogP contribution >= 0.6 is 11.6 Å². The van der Waals surface area contributed by atoms with Crippen molar-refractivity contribution in [1.82, 2.24) is 15.2 Å². The van der Waals surface area contributed by atoms with Crippen LogP contribution in [0, 0.1) is 0 Å². The van der Waals surface area contributed by atoms with Gasteiger partial charge in [-0.15, -0.1) is 5.10 Å². The summed E-state index contributed by atoms with van der Waals surface area (Å²) >= 11 is 5.97. The number of halogens is 1. The van der Waals surface area contributed by atoms with Crippen molar-refractivity contribution in [3.63, 3.8) is 0 Å². The van der Waals surface area contributed by atoms with E-state index in [2.05, 4.69) is 20.5 Å². The summed E-state index contributed by atoms with van der Waals surface area (Å²) in [6, 6.07) is 5.31. The van der Waals surface area contributed by atoms with Gasteiger partial charge in [0.1, 0.15) is 5.82 Å². The second-order valence-corrected chi connectivity index (χ2v) is 4.91. The lowest BCUT2D eigenvalue weighted by Gasteiger charge is -2.17. The number of amides is 1. The third-order valence-corrected chi connectivity index (χ3v) is 2.99. The van der Waals surface area contributed by atoms with Gasteiger partial charge in [0, 0.05) is 25.5 Å². The Morgan fingerprint density at radius 3 is 2.80 bits per heavy atom. The Morgan fingerprint density at radius 2 is 2.20 bits per heavy atom. The minimum absolute atomic E-state index is 0.117. The number of carbonyl (C=O) groups is 1. The highest BCUT2D eigenvalue weighted by Gasteiger charge is 2.15. The van der Waals surface area contributed by atoms with E-state index in [1.54, 1.807) is 12.1 Å². The van der Waals surface area contributed by atoms with Gasteiger partial charge in [-0.05, 0) is 18.2 Å². The standard InChI is InChI=1S/C13H16ClN5O/c1-4-11-16-12(18-17-11)13(20)15-9-7-8(14)5-6-10(9)19(2)3/h5-7H,4H2,1-3H3,(H,15,20)(H,16,17,18). The molecule has 0 bridgehead atoms. The van der Waals surface area contributed by atoms with Gasteiger partial charge in [-0.25, -0.2) is 4.98 Å². The highest BCUT2D eigenvalue weighted by Crippen LogP contribution is 2.28. The molecule has 0 unspecified atom stereocenters. The molecule has 1 heterocycles. The zero-order valence-corrected chi connectivity index (χ0v) is 12.3. The van der Waals surface area contributed by atoms with Crippen LogP contribution in [0.4, 0.5) is 11.4 Å². The average Bonchev–Trinajstić information content (AvgIpc) is 2.87. The molecule has 0 radical (unpaired) electrons. The first kappa shape index (κ1) is 14.3. The summed E-state index contributed by atoms with van der Waals surface area (Å²) in [6.45, 7) is 1.93. The van der Waals surface area contributed by atoms with Gasteiger partial charge in [-0.1, -0.05) is 18.5 Å². The molecule has 2 N–H and O–H groups in total. The topological polar surface area (TPSA) is 73.9 Å². The molecule has 6 nitrogen and oxygen atoms in total. The molecule has 0 aliphatic heterocycles. The van der Waals surface area contributed by atoms with Crippen molar-refractivity contribution < 1.29 is 4.79 Å². The summed E-state index contributed by atoms with van der Waals surface area (Å²) in [5, 5.41) is 9.93. The average molecular weight is 294 g/mol. The predicted octanol–water partition coefficient (Wildman–Crippen LogP) is 2.34. The van der Waals surface area contributed by atoms with E-state index in [0.29, 0.717) is 23.0 Å². The number of H-pyrrole nitrogens is 1. The molecule has 106 valence electrons. The Bertz CT molecular complexity index is 623. The minimum Gasteiger partial charge on any atom is -0.376 e. The molecule has 2 aromatic rings. The number of aryl methyl sites for hydroxylation is 1. The number of rotatable bonds is 4. The summed E-state index contributed by atoms with van der Waals surface area (Å²) in [6.07, 6.45) is 0.695. The van der Waals surface area contributed by atoms with Crippen LogP contribution in [0.1, 0.15) is 23.4 Å². The number of carbonyl (C=O) groups excluding carboxylic acids is 1. The minimum atomic E-state index is -0.369. The maximum absolute atomic E-state index is 12.1. The molecule has 0 atom stereocenters. The van der Waals surface area contributed by atoms with Crippen molar-refractivity contribution >= 4 is 28.9 Å². The van der Waals surface area contributed by atoms with Crippen LogP contribution in [0.3, 0.4) is 0 Å².